The average molecular weight is 461 g/mol. The highest BCUT2D eigenvalue weighted by Gasteiger charge is 2.34. The molecule has 0 radical (unpaired) electrons. The van der Waals surface area contributed by atoms with Crippen LogP contribution >= 0.6 is 11.6 Å². The van der Waals surface area contributed by atoms with E-state index in [2.05, 4.69) is 5.32 Å². The van der Waals surface area contributed by atoms with Gasteiger partial charge in [-0.3, -0.25) is 4.79 Å². The molecular formula is C21H33ClN2O5S. The molecule has 1 fully saturated rings. The van der Waals surface area contributed by atoms with Gasteiger partial charge in [0.05, 0.1) is 29.7 Å². The number of rotatable bonds is 11. The lowest BCUT2D eigenvalue weighted by molar-refractivity contribution is -0.121. The summed E-state index contributed by atoms with van der Waals surface area (Å²) in [5.41, 5.74) is 0. The third-order valence-electron chi connectivity index (χ3n) is 5.11. The van der Waals surface area contributed by atoms with Gasteiger partial charge < -0.3 is 14.8 Å². The van der Waals surface area contributed by atoms with Crippen molar-refractivity contribution in [1.82, 2.24) is 9.62 Å². The van der Waals surface area contributed by atoms with Crippen molar-refractivity contribution in [3.05, 3.63) is 23.2 Å². The molecule has 0 aliphatic heterocycles. The highest BCUT2D eigenvalue weighted by atomic mass is 35.5. The molecule has 2 rings (SSSR count). The first-order valence-electron chi connectivity index (χ1n) is 10.5. The van der Waals surface area contributed by atoms with Crippen molar-refractivity contribution in [2.24, 2.45) is 0 Å². The lowest BCUT2D eigenvalue weighted by atomic mass is 9.95. The number of sulfonamides is 1. The summed E-state index contributed by atoms with van der Waals surface area (Å²) in [6, 6.07) is 4.19. The molecule has 0 heterocycles. The van der Waals surface area contributed by atoms with Crippen molar-refractivity contribution < 1.29 is 22.7 Å². The molecule has 7 nitrogen and oxygen atoms in total. The summed E-state index contributed by atoms with van der Waals surface area (Å²) in [6.07, 6.45) is 5.30. The van der Waals surface area contributed by atoms with E-state index in [1.807, 2.05) is 13.8 Å². The van der Waals surface area contributed by atoms with Crippen LogP contribution in [0.15, 0.2) is 23.1 Å². The molecule has 1 amide bonds. The van der Waals surface area contributed by atoms with Crippen LogP contribution in [0.3, 0.4) is 0 Å². The molecule has 1 aromatic rings. The van der Waals surface area contributed by atoms with Gasteiger partial charge in [0, 0.05) is 19.2 Å². The minimum Gasteiger partial charge on any atom is -0.495 e. The molecule has 170 valence electrons. The number of hydrogen-bond acceptors (Lipinski definition) is 5. The normalized spacial score (nSPS) is 15.5. The number of carbonyl (C=O) groups excluding carboxylic acids is 1. The second kappa shape index (κ2) is 11.9. The van der Waals surface area contributed by atoms with Gasteiger partial charge in [0.15, 0.2) is 0 Å². The first-order valence-corrected chi connectivity index (χ1v) is 12.3. The van der Waals surface area contributed by atoms with Crippen LogP contribution in [0.5, 0.6) is 5.75 Å². The zero-order chi connectivity index (χ0) is 22.1. The molecule has 0 spiro atoms. The second-order valence-electron chi connectivity index (χ2n) is 7.76. The van der Waals surface area contributed by atoms with Gasteiger partial charge in [0.2, 0.25) is 15.9 Å². The van der Waals surface area contributed by atoms with Crippen LogP contribution in [0.25, 0.3) is 0 Å². The van der Waals surface area contributed by atoms with Gasteiger partial charge in [-0.15, -0.1) is 0 Å². The lowest BCUT2D eigenvalue weighted by Crippen LogP contribution is -2.47. The van der Waals surface area contributed by atoms with Crippen molar-refractivity contribution >= 4 is 27.5 Å². The fraction of sp³-hybridized carbons (Fsp3) is 0.667. The fourth-order valence-corrected chi connectivity index (χ4v) is 5.53. The molecule has 1 aliphatic rings. The van der Waals surface area contributed by atoms with E-state index in [4.69, 9.17) is 21.1 Å². The Morgan fingerprint density at radius 3 is 2.57 bits per heavy atom. The Morgan fingerprint density at radius 2 is 1.97 bits per heavy atom. The minimum atomic E-state index is -3.88. The molecule has 0 unspecified atom stereocenters. The van der Waals surface area contributed by atoms with E-state index >= 15 is 0 Å². The maximum Gasteiger partial charge on any atom is 0.243 e. The van der Waals surface area contributed by atoms with Crippen LogP contribution in [0.4, 0.5) is 0 Å². The van der Waals surface area contributed by atoms with Crippen molar-refractivity contribution in [1.29, 1.82) is 0 Å². The topological polar surface area (TPSA) is 84.9 Å². The summed E-state index contributed by atoms with van der Waals surface area (Å²) in [5.74, 6) is 0.0921. The van der Waals surface area contributed by atoms with Gasteiger partial charge in [-0.2, -0.15) is 4.31 Å². The smallest absolute Gasteiger partial charge is 0.243 e. The molecule has 1 aliphatic carbocycles. The fourth-order valence-electron chi connectivity index (χ4n) is 3.54. The Kier molecular flexibility index (Phi) is 9.87. The van der Waals surface area contributed by atoms with E-state index in [1.54, 1.807) is 0 Å². The summed E-state index contributed by atoms with van der Waals surface area (Å²) < 4.78 is 38.7. The largest absolute Gasteiger partial charge is 0.495 e. The maximum absolute atomic E-state index is 13.4. The van der Waals surface area contributed by atoms with Gasteiger partial charge in [-0.25, -0.2) is 8.42 Å². The number of carbonyl (C=O) groups is 1. The SMILES string of the molecule is COc1ccc(S(=O)(=O)N(CC(=O)NCCCOC(C)C)C2CCCCC2)cc1Cl. The molecule has 0 bridgehead atoms. The van der Waals surface area contributed by atoms with Crippen LogP contribution in [-0.2, 0) is 19.6 Å². The molecule has 0 atom stereocenters. The Morgan fingerprint density at radius 1 is 1.27 bits per heavy atom. The number of amides is 1. The summed E-state index contributed by atoms with van der Waals surface area (Å²) in [7, 11) is -2.41. The number of nitrogens with zero attached hydrogens (tertiary/aromatic N) is 1. The Hall–Kier alpha value is -1.35. The summed E-state index contributed by atoms with van der Waals surface area (Å²) in [6.45, 7) is 4.70. The van der Waals surface area contributed by atoms with Gasteiger partial charge in [0.25, 0.3) is 0 Å². The first-order chi connectivity index (χ1) is 14.3. The molecule has 9 heteroatoms. The predicted molar refractivity (Wildman–Crippen MR) is 117 cm³/mol. The Bertz CT molecular complexity index is 795. The number of benzene rings is 1. The number of hydrogen-bond donors (Lipinski definition) is 1. The molecular weight excluding hydrogens is 428 g/mol. The quantitative estimate of drug-likeness (QED) is 0.510. The molecule has 0 saturated heterocycles. The monoisotopic (exact) mass is 460 g/mol. The number of halogens is 1. The summed E-state index contributed by atoms with van der Waals surface area (Å²) in [5, 5.41) is 3.03. The molecule has 1 saturated carbocycles. The maximum atomic E-state index is 13.4. The standard InChI is InChI=1S/C21H33ClN2O5S/c1-16(2)29-13-7-12-23-21(25)15-24(17-8-5-4-6-9-17)30(26,27)18-10-11-20(28-3)19(22)14-18/h10-11,14,16-17H,4-9,12-13,15H2,1-3H3,(H,23,25). The van der Waals surface area contributed by atoms with Crippen molar-refractivity contribution in [2.75, 3.05) is 26.8 Å². The van der Waals surface area contributed by atoms with Crippen molar-refractivity contribution in [3.63, 3.8) is 0 Å². The summed E-state index contributed by atoms with van der Waals surface area (Å²) >= 11 is 6.15. The van der Waals surface area contributed by atoms with E-state index in [-0.39, 0.29) is 34.5 Å². The summed E-state index contributed by atoms with van der Waals surface area (Å²) in [4.78, 5) is 12.6. The van der Waals surface area contributed by atoms with Gasteiger partial charge in [0.1, 0.15) is 5.75 Å². The molecule has 30 heavy (non-hydrogen) atoms. The van der Waals surface area contributed by atoms with Gasteiger partial charge in [-0.1, -0.05) is 30.9 Å². The van der Waals surface area contributed by atoms with E-state index in [0.29, 0.717) is 25.3 Å². The van der Waals surface area contributed by atoms with Gasteiger partial charge in [-0.05, 0) is 51.3 Å². The zero-order valence-electron chi connectivity index (χ0n) is 18.0. The van der Waals surface area contributed by atoms with E-state index in [0.717, 1.165) is 32.1 Å². The Labute approximate surface area is 185 Å². The highest BCUT2D eigenvalue weighted by Crippen LogP contribution is 2.31. The van der Waals surface area contributed by atoms with Crippen LogP contribution in [0.1, 0.15) is 52.4 Å². The number of ether oxygens (including phenoxy) is 2. The predicted octanol–water partition coefficient (Wildman–Crippen LogP) is 3.60. The van der Waals surface area contributed by atoms with E-state index in [1.165, 1.54) is 29.6 Å². The third-order valence-corrected chi connectivity index (χ3v) is 7.30. The number of methoxy groups -OCH3 is 1. The average Bonchev–Trinajstić information content (AvgIpc) is 2.72. The van der Waals surface area contributed by atoms with Crippen molar-refractivity contribution in [3.8, 4) is 5.75 Å². The number of nitrogens with one attached hydrogen (secondary N) is 1. The van der Waals surface area contributed by atoms with Crippen LogP contribution in [0.2, 0.25) is 5.02 Å². The third kappa shape index (κ3) is 7.11. The molecule has 0 aromatic heterocycles. The minimum absolute atomic E-state index is 0.0667. The van der Waals surface area contributed by atoms with Crippen molar-refractivity contribution in [2.45, 2.75) is 69.4 Å². The van der Waals surface area contributed by atoms with Crippen LogP contribution in [0, 0.1) is 0 Å². The van der Waals surface area contributed by atoms with E-state index in [9.17, 15) is 13.2 Å². The lowest BCUT2D eigenvalue weighted by Gasteiger charge is -2.33. The first kappa shape index (κ1) is 24.9. The highest BCUT2D eigenvalue weighted by molar-refractivity contribution is 7.89. The Balaban J connectivity index is 2.12. The van der Waals surface area contributed by atoms with Gasteiger partial charge >= 0.3 is 0 Å². The molecule has 1 N–H and O–H groups in total. The molecule has 1 aromatic carbocycles. The van der Waals surface area contributed by atoms with Crippen LogP contribution in [-0.4, -0.2) is 57.6 Å². The van der Waals surface area contributed by atoms with E-state index < -0.39 is 10.0 Å². The zero-order valence-corrected chi connectivity index (χ0v) is 19.6. The van der Waals surface area contributed by atoms with Crippen LogP contribution < -0.4 is 10.1 Å². The second-order valence-corrected chi connectivity index (χ2v) is 10.1.